The van der Waals surface area contributed by atoms with Crippen molar-refractivity contribution in [2.75, 3.05) is 0 Å². The van der Waals surface area contributed by atoms with Crippen LogP contribution < -0.4 is 0 Å². The Bertz CT molecular complexity index is 388. The van der Waals surface area contributed by atoms with Crippen LogP contribution in [0.4, 0.5) is 0 Å². The second-order valence-electron chi connectivity index (χ2n) is 6.10. The number of carbonyl (C=O) groups excluding carboxylic acids is 2. The molecule has 4 atom stereocenters. The quantitative estimate of drug-likeness (QED) is 0.359. The highest BCUT2D eigenvalue weighted by Gasteiger charge is 2.47. The Morgan fingerprint density at radius 2 is 1.89 bits per heavy atom. The largest absolute Gasteiger partial charge is 0.303 e. The number of aldehydes is 1. The Kier molecular flexibility index (Phi) is 4.83. The van der Waals surface area contributed by atoms with Crippen LogP contribution in [-0.4, -0.2) is 12.0 Å². The molecule has 0 aromatic rings. The van der Waals surface area contributed by atoms with Crippen molar-refractivity contribution < 1.29 is 11.0 Å². The summed E-state index contributed by atoms with van der Waals surface area (Å²) in [6.45, 7) is 2.20. The molecule has 1 fully saturated rings. The van der Waals surface area contributed by atoms with E-state index in [1.54, 1.807) is 0 Å². The summed E-state index contributed by atoms with van der Waals surface area (Å²) in [4.78, 5) is 23.8. The van der Waals surface area contributed by atoms with Gasteiger partial charge in [-0.1, -0.05) is 51.2 Å². The highest BCUT2D eigenvalue weighted by molar-refractivity contribution is 5.85. The second-order valence-corrected chi connectivity index (χ2v) is 6.10. The maximum absolute atomic E-state index is 12.4. The summed E-state index contributed by atoms with van der Waals surface area (Å²) in [6.07, 6.45) is 12.1. The SMILES string of the molecule is [2H]C(=O)[C@H]1[C@@H](C(=O)CCCCCCCC)[C@H]2C=C[C@@H]1C2. The van der Waals surface area contributed by atoms with Crippen molar-refractivity contribution in [2.45, 2.75) is 58.3 Å². The minimum absolute atomic E-state index is 0.156. The fraction of sp³-hybridized carbons (Fsp3) is 0.765. The van der Waals surface area contributed by atoms with Crippen molar-refractivity contribution in [2.24, 2.45) is 23.7 Å². The summed E-state index contributed by atoms with van der Waals surface area (Å²) in [5.74, 6) is 0.0709. The van der Waals surface area contributed by atoms with Gasteiger partial charge in [0, 0.05) is 18.3 Å². The van der Waals surface area contributed by atoms with Gasteiger partial charge in [-0.05, 0) is 24.7 Å². The van der Waals surface area contributed by atoms with E-state index in [1.165, 1.54) is 25.7 Å². The van der Waals surface area contributed by atoms with E-state index in [1.807, 2.05) is 6.08 Å². The van der Waals surface area contributed by atoms with Gasteiger partial charge in [-0.15, -0.1) is 0 Å². The van der Waals surface area contributed by atoms with E-state index in [4.69, 9.17) is 1.37 Å². The van der Waals surface area contributed by atoms with E-state index in [0.717, 1.165) is 19.3 Å². The third kappa shape index (κ3) is 3.34. The molecule has 2 aliphatic carbocycles. The van der Waals surface area contributed by atoms with Crippen molar-refractivity contribution in [3.63, 3.8) is 0 Å². The zero-order chi connectivity index (χ0) is 14.5. The Morgan fingerprint density at radius 3 is 2.63 bits per heavy atom. The molecule has 0 spiro atoms. The predicted molar refractivity (Wildman–Crippen MR) is 76.8 cm³/mol. The summed E-state index contributed by atoms with van der Waals surface area (Å²) in [5.41, 5.74) is 0. The average molecular weight is 263 g/mol. The number of unbranched alkanes of at least 4 members (excludes halogenated alkanes) is 5. The Hall–Kier alpha value is -0.920. The highest BCUT2D eigenvalue weighted by Crippen LogP contribution is 2.47. The normalized spacial score (nSPS) is 32.6. The molecule has 2 aliphatic rings. The van der Waals surface area contributed by atoms with Crippen molar-refractivity contribution in [1.29, 1.82) is 0 Å². The Morgan fingerprint density at radius 1 is 1.21 bits per heavy atom. The number of hydrogen-bond donors (Lipinski definition) is 0. The first-order valence-corrected chi connectivity index (χ1v) is 7.86. The lowest BCUT2D eigenvalue weighted by Crippen LogP contribution is -2.28. The molecule has 0 saturated heterocycles. The first-order valence-electron chi connectivity index (χ1n) is 8.36. The lowest BCUT2D eigenvalue weighted by Gasteiger charge is -2.22. The van der Waals surface area contributed by atoms with Gasteiger partial charge in [0.05, 0.1) is 0 Å². The lowest BCUT2D eigenvalue weighted by molar-refractivity contribution is -0.128. The predicted octanol–water partition coefficient (Wildman–Crippen LogP) is 3.94. The van der Waals surface area contributed by atoms with E-state index < -0.39 is 6.26 Å². The van der Waals surface area contributed by atoms with Gasteiger partial charge >= 0.3 is 0 Å². The van der Waals surface area contributed by atoms with Crippen molar-refractivity contribution in [1.82, 2.24) is 0 Å². The summed E-state index contributed by atoms with van der Waals surface area (Å²) < 4.78 is 7.42. The molecule has 19 heavy (non-hydrogen) atoms. The van der Waals surface area contributed by atoms with E-state index in [9.17, 15) is 9.59 Å². The summed E-state index contributed by atoms with van der Waals surface area (Å²) in [5, 5.41) is 0. The van der Waals surface area contributed by atoms with E-state index in [0.29, 0.717) is 6.42 Å². The number of ketones is 1. The van der Waals surface area contributed by atoms with Gasteiger partial charge < -0.3 is 4.79 Å². The third-order valence-electron chi connectivity index (χ3n) is 4.74. The molecule has 0 unspecified atom stereocenters. The summed E-state index contributed by atoms with van der Waals surface area (Å²) in [6, 6.07) is 0. The van der Waals surface area contributed by atoms with Crippen molar-refractivity contribution in [3.05, 3.63) is 12.2 Å². The summed E-state index contributed by atoms with van der Waals surface area (Å²) in [7, 11) is 0. The van der Waals surface area contributed by atoms with Gasteiger partial charge in [0.1, 0.15) is 13.4 Å². The highest BCUT2D eigenvalue weighted by atomic mass is 16.1. The average Bonchev–Trinajstić information content (AvgIpc) is 3.02. The molecule has 2 bridgehead atoms. The molecule has 0 heterocycles. The molecule has 106 valence electrons. The number of rotatable bonds is 9. The molecule has 2 nitrogen and oxygen atoms in total. The molecular weight excluding hydrogens is 236 g/mol. The van der Waals surface area contributed by atoms with Crippen LogP contribution in [0.2, 0.25) is 0 Å². The smallest absolute Gasteiger partial charge is 0.137 e. The van der Waals surface area contributed by atoms with Crippen LogP contribution in [0, 0.1) is 23.7 Å². The fourth-order valence-electron chi connectivity index (χ4n) is 3.67. The van der Waals surface area contributed by atoms with Gasteiger partial charge in [0.25, 0.3) is 0 Å². The van der Waals surface area contributed by atoms with Crippen molar-refractivity contribution in [3.8, 4) is 0 Å². The standard InChI is InChI=1S/C17H26O2/c1-2-3-4-5-6-7-8-16(19)17-14-10-9-13(11-14)15(17)12-18/h9-10,12-15,17H,2-8,11H2,1H3/t13-,14+,15-,17+/m1/s1/i12D. The molecule has 2 heteroatoms. The van der Waals surface area contributed by atoms with Crippen molar-refractivity contribution >= 4 is 12.0 Å². The minimum atomic E-state index is -0.539. The maximum atomic E-state index is 12.4. The number of Topliss-reactive ketones (excluding diaryl/α,β-unsaturated/α-hetero) is 1. The molecule has 0 N–H and O–H groups in total. The second kappa shape index (κ2) is 7.02. The number of fused-ring (bicyclic) bond motifs is 2. The van der Waals surface area contributed by atoms with Gasteiger partial charge in [-0.2, -0.15) is 0 Å². The first kappa shape index (κ1) is 13.1. The molecule has 0 amide bonds. The van der Waals surface area contributed by atoms with Crippen LogP contribution >= 0.6 is 0 Å². The van der Waals surface area contributed by atoms with Gasteiger partial charge in [-0.3, -0.25) is 4.79 Å². The Labute approximate surface area is 118 Å². The van der Waals surface area contributed by atoms with Crippen LogP contribution in [0.15, 0.2) is 12.2 Å². The molecule has 0 aliphatic heterocycles. The molecule has 0 radical (unpaired) electrons. The number of carbonyl (C=O) groups is 2. The van der Waals surface area contributed by atoms with Crippen LogP contribution in [0.25, 0.3) is 0 Å². The molecule has 2 rings (SSSR count). The third-order valence-corrected chi connectivity index (χ3v) is 4.74. The topological polar surface area (TPSA) is 34.1 Å². The van der Waals surface area contributed by atoms with Gasteiger partial charge in [0.15, 0.2) is 0 Å². The zero-order valence-electron chi connectivity index (χ0n) is 12.9. The molecule has 0 aromatic carbocycles. The van der Waals surface area contributed by atoms with E-state index in [-0.39, 0.29) is 29.5 Å². The fourth-order valence-corrected chi connectivity index (χ4v) is 3.67. The van der Waals surface area contributed by atoms with Crippen LogP contribution in [-0.2, 0) is 9.59 Å². The van der Waals surface area contributed by atoms with E-state index in [2.05, 4.69) is 13.0 Å². The molecular formula is C17H26O2. The van der Waals surface area contributed by atoms with Gasteiger partial charge in [-0.25, -0.2) is 0 Å². The first-order chi connectivity index (χ1) is 9.65. The Balaban J connectivity index is 1.77. The van der Waals surface area contributed by atoms with Crippen LogP contribution in [0.3, 0.4) is 0 Å². The summed E-state index contributed by atoms with van der Waals surface area (Å²) >= 11 is 0. The monoisotopic (exact) mass is 263 g/mol. The minimum Gasteiger partial charge on any atom is -0.303 e. The number of allylic oxidation sites excluding steroid dienone is 2. The number of hydrogen-bond acceptors (Lipinski definition) is 2. The maximum Gasteiger partial charge on any atom is 0.137 e. The van der Waals surface area contributed by atoms with E-state index >= 15 is 0 Å². The van der Waals surface area contributed by atoms with Crippen LogP contribution in [0.5, 0.6) is 0 Å². The zero-order valence-corrected chi connectivity index (χ0v) is 11.9. The van der Waals surface area contributed by atoms with Crippen LogP contribution in [0.1, 0.15) is 59.7 Å². The molecule has 1 saturated carbocycles. The lowest BCUT2D eigenvalue weighted by atomic mass is 9.80. The molecule has 0 aromatic heterocycles. The van der Waals surface area contributed by atoms with Gasteiger partial charge in [0.2, 0.25) is 0 Å².